The van der Waals surface area contributed by atoms with Crippen LogP contribution in [0.4, 0.5) is 4.79 Å². The van der Waals surface area contributed by atoms with E-state index >= 15 is 0 Å². The van der Waals surface area contributed by atoms with Gasteiger partial charge in [0.05, 0.1) is 6.10 Å². The molecule has 2 amide bonds. The van der Waals surface area contributed by atoms with Crippen LogP contribution in [0.25, 0.3) is 0 Å². The average molecular weight is 266 g/mol. The fourth-order valence-corrected chi connectivity index (χ4v) is 1.41. The lowest BCUT2D eigenvalue weighted by Gasteiger charge is -2.19. The van der Waals surface area contributed by atoms with E-state index in [4.69, 9.17) is 4.74 Å². The molecule has 0 saturated carbocycles. The minimum atomic E-state index is -1.09. The van der Waals surface area contributed by atoms with E-state index in [-0.39, 0.29) is 6.61 Å². The Bertz CT molecular complexity index is 420. The molecule has 6 heteroatoms. The zero-order valence-corrected chi connectivity index (χ0v) is 10.9. The Hall–Kier alpha value is -2.08. The number of carbonyl (C=O) groups excluding carboxylic acids is 2. The van der Waals surface area contributed by atoms with E-state index in [1.165, 1.54) is 14.0 Å². The van der Waals surface area contributed by atoms with Crippen molar-refractivity contribution in [3.63, 3.8) is 0 Å². The first-order chi connectivity index (χ1) is 9.04. The number of ether oxygens (including phenoxy) is 1. The Kier molecular flexibility index (Phi) is 5.81. The summed E-state index contributed by atoms with van der Waals surface area (Å²) in [5.41, 5.74) is 0.833. The molecule has 1 aromatic carbocycles. The van der Waals surface area contributed by atoms with Gasteiger partial charge in [-0.05, 0) is 12.5 Å². The van der Waals surface area contributed by atoms with Gasteiger partial charge in [-0.1, -0.05) is 30.3 Å². The van der Waals surface area contributed by atoms with E-state index in [2.05, 4.69) is 10.6 Å². The monoisotopic (exact) mass is 266 g/mol. The quantitative estimate of drug-likeness (QED) is 0.673. The summed E-state index contributed by atoms with van der Waals surface area (Å²) in [6.45, 7) is 1.50. The van der Waals surface area contributed by atoms with E-state index < -0.39 is 24.1 Å². The van der Waals surface area contributed by atoms with Crippen LogP contribution in [0.5, 0.6) is 0 Å². The third kappa shape index (κ3) is 4.97. The Morgan fingerprint density at radius 3 is 2.47 bits per heavy atom. The van der Waals surface area contributed by atoms with Gasteiger partial charge in [-0.25, -0.2) is 9.59 Å². The van der Waals surface area contributed by atoms with Gasteiger partial charge < -0.3 is 20.5 Å². The number of carbonyl (C=O) groups is 2. The second-order valence-electron chi connectivity index (χ2n) is 4.04. The lowest BCUT2D eigenvalue weighted by atomic mass is 10.2. The zero-order chi connectivity index (χ0) is 14.3. The number of aliphatic hydroxyl groups is 1. The number of hydrogen-bond acceptors (Lipinski definition) is 4. The molecule has 0 unspecified atom stereocenters. The van der Waals surface area contributed by atoms with E-state index in [1.807, 2.05) is 30.3 Å². The number of benzene rings is 1. The van der Waals surface area contributed by atoms with Crippen molar-refractivity contribution >= 4 is 12.0 Å². The zero-order valence-electron chi connectivity index (χ0n) is 10.9. The smallest absolute Gasteiger partial charge is 0.331 e. The molecule has 0 heterocycles. The summed E-state index contributed by atoms with van der Waals surface area (Å²) < 4.78 is 5.06. The first kappa shape index (κ1) is 15.0. The van der Waals surface area contributed by atoms with Crippen molar-refractivity contribution in [3.8, 4) is 0 Å². The minimum absolute atomic E-state index is 0.0956. The SMILES string of the molecule is CNC(=O)N[C@H](C(=O)OCc1ccccc1)[C@@H](C)O. The molecule has 1 rings (SSSR count). The van der Waals surface area contributed by atoms with Crippen molar-refractivity contribution in [3.05, 3.63) is 35.9 Å². The molecule has 0 fully saturated rings. The van der Waals surface area contributed by atoms with Gasteiger partial charge in [0, 0.05) is 7.05 Å². The van der Waals surface area contributed by atoms with Crippen LogP contribution in [-0.4, -0.2) is 36.3 Å². The summed E-state index contributed by atoms with van der Waals surface area (Å²) in [7, 11) is 1.42. The van der Waals surface area contributed by atoms with Crippen molar-refractivity contribution < 1.29 is 19.4 Å². The van der Waals surface area contributed by atoms with Gasteiger partial charge in [0.2, 0.25) is 0 Å². The predicted molar refractivity (Wildman–Crippen MR) is 69.3 cm³/mol. The second-order valence-corrected chi connectivity index (χ2v) is 4.04. The molecule has 0 aromatic heterocycles. The largest absolute Gasteiger partial charge is 0.459 e. The fourth-order valence-electron chi connectivity index (χ4n) is 1.41. The Labute approximate surface area is 111 Å². The van der Waals surface area contributed by atoms with E-state index in [0.29, 0.717) is 0 Å². The number of esters is 1. The predicted octanol–water partition coefficient (Wildman–Crippen LogP) is 0.408. The maximum Gasteiger partial charge on any atom is 0.331 e. The molecule has 1 aromatic rings. The highest BCUT2D eigenvalue weighted by Gasteiger charge is 2.26. The number of nitrogens with one attached hydrogen (secondary N) is 2. The van der Waals surface area contributed by atoms with Crippen LogP contribution in [0.3, 0.4) is 0 Å². The first-order valence-corrected chi connectivity index (χ1v) is 5.91. The molecule has 6 nitrogen and oxygen atoms in total. The van der Waals surface area contributed by atoms with E-state index in [1.54, 1.807) is 0 Å². The summed E-state index contributed by atoms with van der Waals surface area (Å²) >= 11 is 0. The van der Waals surface area contributed by atoms with Crippen LogP contribution in [0.1, 0.15) is 12.5 Å². The van der Waals surface area contributed by atoms with Gasteiger partial charge in [-0.3, -0.25) is 0 Å². The highest BCUT2D eigenvalue weighted by molar-refractivity contribution is 5.83. The summed E-state index contributed by atoms with van der Waals surface area (Å²) in [6, 6.07) is 7.51. The van der Waals surface area contributed by atoms with Gasteiger partial charge >= 0.3 is 12.0 Å². The van der Waals surface area contributed by atoms with Crippen LogP contribution in [0.2, 0.25) is 0 Å². The maximum absolute atomic E-state index is 11.8. The topological polar surface area (TPSA) is 87.7 Å². The third-order valence-electron chi connectivity index (χ3n) is 2.47. The average Bonchev–Trinajstić information content (AvgIpc) is 2.42. The van der Waals surface area contributed by atoms with Gasteiger partial charge in [-0.2, -0.15) is 0 Å². The van der Waals surface area contributed by atoms with Gasteiger partial charge in [-0.15, -0.1) is 0 Å². The number of aliphatic hydroxyl groups excluding tert-OH is 1. The van der Waals surface area contributed by atoms with Crippen LogP contribution in [0, 0.1) is 0 Å². The summed E-state index contributed by atoms with van der Waals surface area (Å²) in [4.78, 5) is 22.9. The number of urea groups is 1. The molecule has 104 valence electrons. The Balaban J connectivity index is 2.55. The highest BCUT2D eigenvalue weighted by Crippen LogP contribution is 2.03. The molecule has 0 radical (unpaired) electrons. The van der Waals surface area contributed by atoms with E-state index in [0.717, 1.165) is 5.56 Å². The second kappa shape index (κ2) is 7.38. The van der Waals surface area contributed by atoms with Crippen molar-refractivity contribution in [2.24, 2.45) is 0 Å². The van der Waals surface area contributed by atoms with Gasteiger partial charge in [0.1, 0.15) is 6.61 Å². The lowest BCUT2D eigenvalue weighted by molar-refractivity contribution is -0.149. The molecule has 0 aliphatic carbocycles. The van der Waals surface area contributed by atoms with Crippen LogP contribution < -0.4 is 10.6 Å². The summed E-state index contributed by atoms with van der Waals surface area (Å²) in [6.07, 6.45) is -1.04. The Morgan fingerprint density at radius 2 is 1.95 bits per heavy atom. The van der Waals surface area contributed by atoms with Crippen LogP contribution >= 0.6 is 0 Å². The molecule has 19 heavy (non-hydrogen) atoms. The standard InChI is InChI=1S/C13H18N2O4/c1-9(16)11(15-13(18)14-2)12(17)19-8-10-6-4-3-5-7-10/h3-7,9,11,16H,8H2,1-2H3,(H2,14,15,18)/t9-,11+/m1/s1. The fraction of sp³-hybridized carbons (Fsp3) is 0.385. The third-order valence-corrected chi connectivity index (χ3v) is 2.47. The van der Waals surface area contributed by atoms with Gasteiger partial charge in [0.25, 0.3) is 0 Å². The molecule has 0 aliphatic rings. The number of hydrogen-bond donors (Lipinski definition) is 3. The molecule has 0 aliphatic heterocycles. The van der Waals surface area contributed by atoms with Crippen LogP contribution in [-0.2, 0) is 16.1 Å². The molecule has 0 bridgehead atoms. The summed E-state index contributed by atoms with van der Waals surface area (Å²) in [5.74, 6) is -0.678. The molecule has 3 N–H and O–H groups in total. The van der Waals surface area contributed by atoms with E-state index in [9.17, 15) is 14.7 Å². The molecular formula is C13H18N2O4. The lowest BCUT2D eigenvalue weighted by Crippen LogP contribution is -2.51. The first-order valence-electron chi connectivity index (χ1n) is 5.91. The molecule has 0 saturated heterocycles. The normalized spacial score (nSPS) is 13.2. The van der Waals surface area contributed by atoms with Crippen molar-refractivity contribution in [1.29, 1.82) is 0 Å². The molecular weight excluding hydrogens is 248 g/mol. The van der Waals surface area contributed by atoms with Crippen molar-refractivity contribution in [2.45, 2.75) is 25.7 Å². The Morgan fingerprint density at radius 1 is 1.32 bits per heavy atom. The minimum Gasteiger partial charge on any atom is -0.459 e. The maximum atomic E-state index is 11.8. The van der Waals surface area contributed by atoms with Crippen LogP contribution in [0.15, 0.2) is 30.3 Å². The number of rotatable bonds is 5. The summed E-state index contributed by atoms with van der Waals surface area (Å²) in [5, 5.41) is 14.1. The molecule has 0 spiro atoms. The van der Waals surface area contributed by atoms with Crippen molar-refractivity contribution in [2.75, 3.05) is 7.05 Å². The van der Waals surface area contributed by atoms with Gasteiger partial charge in [0.15, 0.2) is 6.04 Å². The van der Waals surface area contributed by atoms with Crippen molar-refractivity contribution in [1.82, 2.24) is 10.6 Å². The highest BCUT2D eigenvalue weighted by atomic mass is 16.5. The number of amides is 2. The molecule has 2 atom stereocenters.